The van der Waals surface area contributed by atoms with E-state index in [-0.39, 0.29) is 29.0 Å². The molecule has 1 fully saturated rings. The molecule has 1 heterocycles. The molecule has 0 spiro atoms. The number of benzene rings is 1. The number of phenols is 2. The van der Waals surface area contributed by atoms with Crippen LogP contribution in [0.4, 0.5) is 0 Å². The van der Waals surface area contributed by atoms with Crippen LogP contribution in [0.5, 0.6) is 11.5 Å². The third-order valence-corrected chi connectivity index (χ3v) is 3.51. The van der Waals surface area contributed by atoms with Gasteiger partial charge in [-0.15, -0.1) is 0 Å². The molecule has 0 saturated carbocycles. The van der Waals surface area contributed by atoms with E-state index in [0.717, 1.165) is 19.3 Å². The normalized spacial score (nSPS) is 19.2. The molecule has 1 aromatic rings. The molecular formula is C13H16N2O3S. The first-order valence-electron chi connectivity index (χ1n) is 6.12. The fraction of sp³-hybridized carbons (Fsp3) is 0.385. The highest BCUT2D eigenvalue weighted by Crippen LogP contribution is 2.25. The maximum atomic E-state index is 12.4. The lowest BCUT2D eigenvalue weighted by Gasteiger charge is -2.35. The molecule has 1 aliphatic rings. The number of rotatable bonds is 2. The van der Waals surface area contributed by atoms with Gasteiger partial charge in [-0.2, -0.15) is 0 Å². The van der Waals surface area contributed by atoms with Crippen LogP contribution in [0.1, 0.15) is 29.6 Å². The molecule has 0 radical (unpaired) electrons. The number of phenolic OH excluding ortho intramolecular Hbond substituents is 2. The van der Waals surface area contributed by atoms with Gasteiger partial charge in [0.2, 0.25) is 0 Å². The van der Waals surface area contributed by atoms with Gasteiger partial charge < -0.3 is 20.8 Å². The van der Waals surface area contributed by atoms with E-state index in [1.807, 2.05) is 0 Å². The first-order chi connectivity index (χ1) is 8.99. The summed E-state index contributed by atoms with van der Waals surface area (Å²) in [5, 5.41) is 18.9. The number of carbonyl (C=O) groups excluding carboxylic acids is 1. The molecule has 1 aromatic carbocycles. The van der Waals surface area contributed by atoms with E-state index in [2.05, 4.69) is 0 Å². The van der Waals surface area contributed by atoms with Crippen LogP contribution in [0, 0.1) is 0 Å². The number of piperidine rings is 1. The van der Waals surface area contributed by atoms with E-state index in [0.29, 0.717) is 11.5 Å². The van der Waals surface area contributed by atoms with Crippen molar-refractivity contribution in [3.63, 3.8) is 0 Å². The highest BCUT2D eigenvalue weighted by molar-refractivity contribution is 7.80. The quantitative estimate of drug-likeness (QED) is 0.712. The van der Waals surface area contributed by atoms with E-state index in [9.17, 15) is 15.0 Å². The van der Waals surface area contributed by atoms with Gasteiger partial charge in [0.05, 0.1) is 11.0 Å². The minimum atomic E-state index is -0.274. The number of aromatic hydroxyl groups is 2. The Hall–Kier alpha value is -1.82. The monoisotopic (exact) mass is 280 g/mol. The highest BCUT2D eigenvalue weighted by Gasteiger charge is 2.29. The Morgan fingerprint density at radius 1 is 1.26 bits per heavy atom. The molecule has 6 heteroatoms. The minimum Gasteiger partial charge on any atom is -0.508 e. The second-order valence-electron chi connectivity index (χ2n) is 4.65. The molecule has 1 saturated heterocycles. The summed E-state index contributed by atoms with van der Waals surface area (Å²) in [6.07, 6.45) is 2.64. The van der Waals surface area contributed by atoms with Gasteiger partial charge in [0.1, 0.15) is 11.5 Å². The number of likely N-dealkylation sites (tertiary alicyclic amines) is 1. The lowest BCUT2D eigenvalue weighted by Crippen LogP contribution is -2.49. The smallest absolute Gasteiger partial charge is 0.254 e. The van der Waals surface area contributed by atoms with Crippen LogP contribution in [0.15, 0.2) is 18.2 Å². The first kappa shape index (κ1) is 13.6. The molecule has 1 aliphatic heterocycles. The van der Waals surface area contributed by atoms with Crippen molar-refractivity contribution < 1.29 is 15.0 Å². The molecule has 102 valence electrons. The highest BCUT2D eigenvalue weighted by atomic mass is 32.1. The van der Waals surface area contributed by atoms with Gasteiger partial charge >= 0.3 is 0 Å². The third-order valence-electron chi connectivity index (χ3n) is 3.24. The van der Waals surface area contributed by atoms with Crippen molar-refractivity contribution in [3.8, 4) is 11.5 Å². The summed E-state index contributed by atoms with van der Waals surface area (Å²) in [5.74, 6) is -0.567. The predicted molar refractivity (Wildman–Crippen MR) is 75.2 cm³/mol. The number of thiocarbonyl (C=S) groups is 1. The van der Waals surface area contributed by atoms with Gasteiger partial charge in [-0.25, -0.2) is 0 Å². The van der Waals surface area contributed by atoms with E-state index in [4.69, 9.17) is 18.0 Å². The fourth-order valence-corrected chi connectivity index (χ4v) is 2.60. The average Bonchev–Trinajstić information content (AvgIpc) is 2.36. The molecular weight excluding hydrogens is 264 g/mol. The molecule has 1 atom stereocenters. The van der Waals surface area contributed by atoms with Gasteiger partial charge in [0.25, 0.3) is 5.91 Å². The zero-order valence-electron chi connectivity index (χ0n) is 10.4. The average molecular weight is 280 g/mol. The number of amides is 1. The molecule has 0 bridgehead atoms. The third kappa shape index (κ3) is 2.96. The van der Waals surface area contributed by atoms with Crippen LogP contribution in [0.3, 0.4) is 0 Å². The largest absolute Gasteiger partial charge is 0.508 e. The second kappa shape index (κ2) is 5.44. The van der Waals surface area contributed by atoms with Gasteiger partial charge in [0.15, 0.2) is 0 Å². The van der Waals surface area contributed by atoms with E-state index in [1.165, 1.54) is 18.2 Å². The maximum absolute atomic E-state index is 12.4. The van der Waals surface area contributed by atoms with Gasteiger partial charge in [-0.1, -0.05) is 12.2 Å². The Morgan fingerprint density at radius 3 is 2.47 bits per heavy atom. The fourth-order valence-electron chi connectivity index (χ4n) is 2.35. The Kier molecular flexibility index (Phi) is 3.90. The second-order valence-corrected chi connectivity index (χ2v) is 5.12. The lowest BCUT2D eigenvalue weighted by atomic mass is 10.0. The van der Waals surface area contributed by atoms with Gasteiger partial charge in [-0.05, 0) is 31.4 Å². The van der Waals surface area contributed by atoms with Crippen LogP contribution < -0.4 is 5.73 Å². The van der Waals surface area contributed by atoms with Gasteiger partial charge in [0, 0.05) is 18.2 Å². The molecule has 4 N–H and O–H groups in total. The topological polar surface area (TPSA) is 86.8 Å². The summed E-state index contributed by atoms with van der Waals surface area (Å²) < 4.78 is 0. The van der Waals surface area contributed by atoms with Crippen molar-refractivity contribution in [2.75, 3.05) is 6.54 Å². The van der Waals surface area contributed by atoms with E-state index in [1.54, 1.807) is 4.90 Å². The Morgan fingerprint density at radius 2 is 1.89 bits per heavy atom. The van der Waals surface area contributed by atoms with Crippen molar-refractivity contribution in [1.29, 1.82) is 0 Å². The van der Waals surface area contributed by atoms with Crippen molar-refractivity contribution in [2.45, 2.75) is 25.3 Å². The maximum Gasteiger partial charge on any atom is 0.254 e. The van der Waals surface area contributed by atoms with Crippen molar-refractivity contribution in [3.05, 3.63) is 23.8 Å². The standard InChI is InChI=1S/C13H16N2O3S/c14-12(19)11-3-1-2-4-15(11)13(18)8-5-9(16)7-10(17)6-8/h5-7,11,16-17H,1-4H2,(H2,14,19). The summed E-state index contributed by atoms with van der Waals surface area (Å²) in [6, 6.07) is 3.58. The molecule has 0 aromatic heterocycles. The van der Waals surface area contributed by atoms with Crippen LogP contribution in [-0.4, -0.2) is 38.6 Å². The van der Waals surface area contributed by atoms with Crippen LogP contribution in [0.25, 0.3) is 0 Å². The van der Waals surface area contributed by atoms with Crippen LogP contribution >= 0.6 is 12.2 Å². The Labute approximate surface area is 116 Å². The van der Waals surface area contributed by atoms with Crippen LogP contribution in [-0.2, 0) is 0 Å². The zero-order valence-corrected chi connectivity index (χ0v) is 11.2. The Bertz CT molecular complexity index is 498. The summed E-state index contributed by atoms with van der Waals surface area (Å²) in [6.45, 7) is 0.581. The van der Waals surface area contributed by atoms with E-state index < -0.39 is 0 Å². The molecule has 19 heavy (non-hydrogen) atoms. The SMILES string of the molecule is NC(=S)C1CCCCN1C(=O)c1cc(O)cc(O)c1. The minimum absolute atomic E-state index is 0.146. The summed E-state index contributed by atoms with van der Waals surface area (Å²) in [7, 11) is 0. The number of nitrogens with two attached hydrogens (primary N) is 1. The summed E-state index contributed by atoms with van der Waals surface area (Å²) >= 11 is 5.00. The van der Waals surface area contributed by atoms with E-state index >= 15 is 0 Å². The van der Waals surface area contributed by atoms with Crippen molar-refractivity contribution >= 4 is 23.1 Å². The lowest BCUT2D eigenvalue weighted by molar-refractivity contribution is 0.0680. The molecule has 1 unspecified atom stereocenters. The van der Waals surface area contributed by atoms with Crippen LogP contribution in [0.2, 0.25) is 0 Å². The molecule has 5 nitrogen and oxygen atoms in total. The number of nitrogens with zero attached hydrogens (tertiary/aromatic N) is 1. The van der Waals surface area contributed by atoms with Gasteiger partial charge in [-0.3, -0.25) is 4.79 Å². The number of hydrogen-bond acceptors (Lipinski definition) is 4. The predicted octanol–water partition coefficient (Wildman–Crippen LogP) is 1.38. The number of carbonyl (C=O) groups is 1. The molecule has 0 aliphatic carbocycles. The summed E-state index contributed by atoms with van der Waals surface area (Å²) in [5.41, 5.74) is 5.91. The zero-order chi connectivity index (χ0) is 14.0. The van der Waals surface area contributed by atoms with Crippen molar-refractivity contribution in [1.82, 2.24) is 4.90 Å². The summed E-state index contributed by atoms with van der Waals surface area (Å²) in [4.78, 5) is 14.3. The molecule has 2 rings (SSSR count). The number of hydrogen-bond donors (Lipinski definition) is 3. The molecule has 1 amide bonds. The first-order valence-corrected chi connectivity index (χ1v) is 6.53. The van der Waals surface area contributed by atoms with Crippen molar-refractivity contribution in [2.24, 2.45) is 5.73 Å². The Balaban J connectivity index is 2.28.